The Hall–Kier alpha value is -2.56. The molecule has 0 fully saturated rings. The van der Waals surface area contributed by atoms with E-state index in [1.54, 1.807) is 4.90 Å². The van der Waals surface area contributed by atoms with E-state index >= 15 is 0 Å². The maximum absolute atomic E-state index is 13.4. The summed E-state index contributed by atoms with van der Waals surface area (Å²) in [6, 6.07) is 13.8. The third-order valence-electron chi connectivity index (χ3n) is 5.79. The molecule has 0 atom stereocenters. The van der Waals surface area contributed by atoms with Crippen LogP contribution in [0.3, 0.4) is 0 Å². The van der Waals surface area contributed by atoms with Gasteiger partial charge in [0.1, 0.15) is 6.61 Å². The molecule has 6 heteroatoms. The first-order valence-electron chi connectivity index (χ1n) is 10.6. The van der Waals surface area contributed by atoms with E-state index < -0.39 is 0 Å². The fourth-order valence-electron chi connectivity index (χ4n) is 4.08. The van der Waals surface area contributed by atoms with Crippen LogP contribution < -0.4 is 4.74 Å². The molecular formula is C26H25Cl2N2O2. The van der Waals surface area contributed by atoms with E-state index in [4.69, 9.17) is 27.9 Å². The van der Waals surface area contributed by atoms with Crippen molar-refractivity contribution in [3.63, 3.8) is 0 Å². The Morgan fingerprint density at radius 2 is 1.91 bits per heavy atom. The minimum Gasteiger partial charge on any atom is -0.473 e. The Morgan fingerprint density at radius 3 is 2.62 bits per heavy atom. The van der Waals surface area contributed by atoms with Crippen molar-refractivity contribution in [1.82, 2.24) is 9.88 Å². The van der Waals surface area contributed by atoms with Crippen LogP contribution in [0.4, 0.5) is 0 Å². The maximum atomic E-state index is 13.4. The zero-order valence-electron chi connectivity index (χ0n) is 18.4. The molecule has 1 aliphatic heterocycles. The molecule has 1 radical (unpaired) electrons. The molecule has 1 amide bonds. The molecule has 0 aliphatic carbocycles. The van der Waals surface area contributed by atoms with Crippen LogP contribution in [0.2, 0.25) is 10.0 Å². The molecule has 3 aromatic rings. The van der Waals surface area contributed by atoms with Crippen molar-refractivity contribution in [2.24, 2.45) is 0 Å². The van der Waals surface area contributed by atoms with E-state index in [-0.39, 0.29) is 5.91 Å². The van der Waals surface area contributed by atoms with Crippen LogP contribution in [-0.4, -0.2) is 22.3 Å². The number of hydrogen-bond donors (Lipinski definition) is 0. The summed E-state index contributed by atoms with van der Waals surface area (Å²) < 4.78 is 6.11. The highest BCUT2D eigenvalue weighted by Gasteiger charge is 2.31. The van der Waals surface area contributed by atoms with Crippen molar-refractivity contribution in [1.29, 1.82) is 0 Å². The number of benzene rings is 2. The summed E-state index contributed by atoms with van der Waals surface area (Å²) in [5, 5.41) is 1.05. The summed E-state index contributed by atoms with van der Waals surface area (Å²) in [5.74, 6) is 0.445. The number of pyridine rings is 1. The Labute approximate surface area is 199 Å². The van der Waals surface area contributed by atoms with Crippen LogP contribution in [0.5, 0.6) is 5.88 Å². The molecule has 0 saturated carbocycles. The number of aromatic nitrogens is 1. The Balaban J connectivity index is 1.63. The first kappa shape index (κ1) is 22.6. The lowest BCUT2D eigenvalue weighted by Crippen LogP contribution is -2.38. The largest absolute Gasteiger partial charge is 0.473 e. The first-order chi connectivity index (χ1) is 15.4. The van der Waals surface area contributed by atoms with Gasteiger partial charge < -0.3 is 9.64 Å². The van der Waals surface area contributed by atoms with E-state index in [9.17, 15) is 4.79 Å². The molecule has 4 rings (SSSR count). The third-order valence-corrected chi connectivity index (χ3v) is 6.54. The molecule has 2 heterocycles. The van der Waals surface area contributed by atoms with Gasteiger partial charge in [-0.1, -0.05) is 60.5 Å². The molecule has 32 heavy (non-hydrogen) atoms. The van der Waals surface area contributed by atoms with Crippen molar-refractivity contribution >= 4 is 29.1 Å². The quantitative estimate of drug-likeness (QED) is 0.423. The number of nitrogens with zero attached hydrogens (tertiary/aromatic N) is 2. The smallest absolute Gasteiger partial charge is 0.256 e. The highest BCUT2D eigenvalue weighted by atomic mass is 35.5. The van der Waals surface area contributed by atoms with Gasteiger partial charge in [-0.2, -0.15) is 0 Å². The van der Waals surface area contributed by atoms with Crippen LogP contribution in [0, 0.1) is 20.3 Å². The number of rotatable bonds is 6. The highest BCUT2D eigenvalue weighted by molar-refractivity contribution is 6.37. The monoisotopic (exact) mass is 467 g/mol. The number of halogens is 2. The van der Waals surface area contributed by atoms with Crippen LogP contribution in [0.1, 0.15) is 50.8 Å². The second-order valence-electron chi connectivity index (χ2n) is 8.02. The highest BCUT2D eigenvalue weighted by Crippen LogP contribution is 2.36. The van der Waals surface area contributed by atoms with E-state index in [0.717, 1.165) is 33.5 Å². The molecule has 0 N–H and O–H groups in total. The van der Waals surface area contributed by atoms with Gasteiger partial charge in [0.2, 0.25) is 5.88 Å². The molecule has 1 aromatic heterocycles. The lowest BCUT2D eigenvalue weighted by molar-refractivity contribution is 0.0725. The predicted octanol–water partition coefficient (Wildman–Crippen LogP) is 6.36. The van der Waals surface area contributed by atoms with E-state index in [2.05, 4.69) is 4.98 Å². The summed E-state index contributed by atoms with van der Waals surface area (Å²) in [6.45, 7) is 7.22. The standard InChI is InChI=1S/C26H25Cl2N2O2/c1-4-19-13-22(27)20-10-11-30(26(31)23(20)24(19)28)14-21-16(2)12-17(3)29-25(21)32-15-18-8-6-5-7-9-18/h4-9,12-13H,10-11,14-15H2,1-3H3. The summed E-state index contributed by atoms with van der Waals surface area (Å²) in [4.78, 5) is 19.9. The van der Waals surface area contributed by atoms with Crippen LogP contribution >= 0.6 is 23.2 Å². The molecular weight excluding hydrogens is 443 g/mol. The van der Waals surface area contributed by atoms with Gasteiger partial charge in [0.25, 0.3) is 5.91 Å². The number of ether oxygens (including phenoxy) is 1. The molecule has 4 nitrogen and oxygen atoms in total. The van der Waals surface area contributed by atoms with Crippen molar-refractivity contribution in [3.05, 3.63) is 98.0 Å². The molecule has 0 bridgehead atoms. The maximum Gasteiger partial charge on any atom is 0.256 e. The number of aryl methyl sites for hydroxylation is 2. The summed E-state index contributed by atoms with van der Waals surface area (Å²) >= 11 is 13.0. The van der Waals surface area contributed by atoms with Crippen molar-refractivity contribution in [3.8, 4) is 5.88 Å². The van der Waals surface area contributed by atoms with E-state index in [1.165, 1.54) is 0 Å². The Morgan fingerprint density at radius 1 is 1.16 bits per heavy atom. The number of fused-ring (bicyclic) bond motifs is 1. The zero-order valence-corrected chi connectivity index (χ0v) is 19.9. The summed E-state index contributed by atoms with van der Waals surface area (Å²) in [5.41, 5.74) is 5.98. The zero-order chi connectivity index (χ0) is 22.8. The van der Waals surface area contributed by atoms with Gasteiger partial charge >= 0.3 is 0 Å². The number of amides is 1. The second kappa shape index (κ2) is 9.51. The number of hydrogen-bond acceptors (Lipinski definition) is 3. The second-order valence-corrected chi connectivity index (χ2v) is 8.80. The lowest BCUT2D eigenvalue weighted by atomic mass is 9.95. The fraction of sp³-hybridized carbons (Fsp3) is 0.269. The van der Waals surface area contributed by atoms with Gasteiger partial charge in [-0.05, 0) is 61.1 Å². The Bertz CT molecular complexity index is 1160. The number of carbonyl (C=O) groups excluding carboxylic acids is 1. The van der Waals surface area contributed by atoms with E-state index in [1.807, 2.05) is 69.7 Å². The average molecular weight is 468 g/mol. The van der Waals surface area contributed by atoms with Crippen molar-refractivity contribution in [2.45, 2.75) is 40.3 Å². The summed E-state index contributed by atoms with van der Waals surface area (Å²) in [7, 11) is 0. The summed E-state index contributed by atoms with van der Waals surface area (Å²) in [6.07, 6.45) is 2.52. The molecule has 0 saturated heterocycles. The molecule has 2 aromatic carbocycles. The van der Waals surface area contributed by atoms with Gasteiger partial charge in [-0.25, -0.2) is 4.98 Å². The molecule has 1 aliphatic rings. The van der Waals surface area contributed by atoms with Gasteiger partial charge in [-0.15, -0.1) is 0 Å². The Kier molecular flexibility index (Phi) is 6.73. The van der Waals surface area contributed by atoms with Gasteiger partial charge in [0, 0.05) is 22.8 Å². The lowest BCUT2D eigenvalue weighted by Gasteiger charge is -2.31. The minimum atomic E-state index is -0.115. The third kappa shape index (κ3) is 4.48. The fourth-order valence-corrected chi connectivity index (χ4v) is 4.74. The first-order valence-corrected chi connectivity index (χ1v) is 11.4. The van der Waals surface area contributed by atoms with Gasteiger partial charge in [-0.3, -0.25) is 4.79 Å². The predicted molar refractivity (Wildman–Crippen MR) is 128 cm³/mol. The topological polar surface area (TPSA) is 42.4 Å². The van der Waals surface area contributed by atoms with Gasteiger partial charge in [0.15, 0.2) is 0 Å². The molecule has 0 spiro atoms. The van der Waals surface area contributed by atoms with E-state index in [0.29, 0.717) is 47.6 Å². The SMILES string of the molecule is C[CH]c1cc(Cl)c2c(c1Cl)C(=O)N(Cc1c(C)cc(C)nc1OCc1ccccc1)CC2. The molecule has 0 unspecified atom stereocenters. The molecule has 165 valence electrons. The minimum absolute atomic E-state index is 0.115. The van der Waals surface area contributed by atoms with Crippen LogP contribution in [-0.2, 0) is 19.6 Å². The normalized spacial score (nSPS) is 13.3. The van der Waals surface area contributed by atoms with Crippen molar-refractivity contribution in [2.75, 3.05) is 6.54 Å². The van der Waals surface area contributed by atoms with Crippen molar-refractivity contribution < 1.29 is 9.53 Å². The average Bonchev–Trinajstić information content (AvgIpc) is 2.78. The van der Waals surface area contributed by atoms with Crippen LogP contribution in [0.15, 0.2) is 42.5 Å². The van der Waals surface area contributed by atoms with Crippen LogP contribution in [0.25, 0.3) is 0 Å². The number of carbonyl (C=O) groups is 1. The van der Waals surface area contributed by atoms with Gasteiger partial charge in [0.05, 0.1) is 17.1 Å².